The van der Waals surface area contributed by atoms with Crippen LogP contribution in [-0.4, -0.2) is 53.4 Å². The van der Waals surface area contributed by atoms with Gasteiger partial charge in [-0.15, -0.1) is 0 Å². The zero-order valence-electron chi connectivity index (χ0n) is 20.2. The number of esters is 1. The molecular weight excluding hydrogens is 430 g/mol. The van der Waals surface area contributed by atoms with Gasteiger partial charge in [-0.3, -0.25) is 9.59 Å². The Morgan fingerprint density at radius 3 is 2.35 bits per heavy atom. The molecule has 0 unspecified atom stereocenters. The Balaban J connectivity index is 1.67. The lowest BCUT2D eigenvalue weighted by atomic mass is 9.97. The van der Waals surface area contributed by atoms with E-state index in [1.807, 2.05) is 68.1 Å². The van der Waals surface area contributed by atoms with Crippen LogP contribution in [0.2, 0.25) is 0 Å². The van der Waals surface area contributed by atoms with Crippen LogP contribution in [0.1, 0.15) is 41.4 Å². The summed E-state index contributed by atoms with van der Waals surface area (Å²) >= 11 is 0. The Morgan fingerprint density at radius 2 is 1.74 bits per heavy atom. The average molecular weight is 462 g/mol. The van der Waals surface area contributed by atoms with Crippen LogP contribution in [0.25, 0.3) is 16.9 Å². The van der Waals surface area contributed by atoms with Gasteiger partial charge in [-0.25, -0.2) is 4.68 Å². The summed E-state index contributed by atoms with van der Waals surface area (Å²) in [6.45, 7) is 7.28. The van der Waals surface area contributed by atoms with Gasteiger partial charge in [0.2, 0.25) is 0 Å². The van der Waals surface area contributed by atoms with Crippen molar-refractivity contribution in [3.05, 3.63) is 65.4 Å². The van der Waals surface area contributed by atoms with Crippen molar-refractivity contribution in [3.8, 4) is 22.7 Å². The molecule has 0 saturated carbocycles. The quantitative estimate of drug-likeness (QED) is 0.503. The molecule has 0 atom stereocenters. The number of hydrogen-bond acceptors (Lipinski definition) is 5. The summed E-state index contributed by atoms with van der Waals surface area (Å²) < 4.78 is 12.2. The normalized spacial score (nSPS) is 14.2. The molecule has 2 heterocycles. The van der Waals surface area contributed by atoms with Gasteiger partial charge in [-0.2, -0.15) is 5.10 Å². The van der Waals surface area contributed by atoms with Crippen LogP contribution in [-0.2, 0) is 9.53 Å². The smallest absolute Gasteiger partial charge is 0.309 e. The standard InChI is InChI=1S/C27H31N3O4/c1-5-34-27(32)21-12-14-29(15-13-21)26(31)25-17-23(20-7-9-22(33-4)10-8-20)28-30(25)24-11-6-18(2)16-19(24)3/h6-11,16-17,21H,5,12-15H2,1-4H3. The fourth-order valence-corrected chi connectivity index (χ4v) is 4.40. The van der Waals surface area contributed by atoms with Crippen molar-refractivity contribution in [2.75, 3.05) is 26.8 Å². The predicted molar refractivity (Wildman–Crippen MR) is 130 cm³/mol. The second-order valence-corrected chi connectivity index (χ2v) is 8.66. The van der Waals surface area contributed by atoms with Crippen molar-refractivity contribution >= 4 is 11.9 Å². The molecule has 3 aromatic rings. The molecule has 4 rings (SSSR count). The lowest BCUT2D eigenvalue weighted by molar-refractivity contribution is -0.149. The number of nitrogens with zero attached hydrogens (tertiary/aromatic N) is 3. The molecule has 1 aliphatic rings. The minimum absolute atomic E-state index is 0.0884. The minimum Gasteiger partial charge on any atom is -0.497 e. The Bertz CT molecular complexity index is 1180. The van der Waals surface area contributed by atoms with Crippen molar-refractivity contribution in [2.24, 2.45) is 5.92 Å². The van der Waals surface area contributed by atoms with Crippen molar-refractivity contribution in [1.82, 2.24) is 14.7 Å². The molecule has 1 amide bonds. The van der Waals surface area contributed by atoms with Crippen molar-refractivity contribution in [3.63, 3.8) is 0 Å². The van der Waals surface area contributed by atoms with E-state index in [-0.39, 0.29) is 17.8 Å². The van der Waals surface area contributed by atoms with Crippen LogP contribution in [0.5, 0.6) is 5.75 Å². The number of aromatic nitrogens is 2. The second kappa shape index (κ2) is 10.1. The van der Waals surface area contributed by atoms with Crippen LogP contribution in [0.3, 0.4) is 0 Å². The number of piperidine rings is 1. The van der Waals surface area contributed by atoms with Crippen LogP contribution >= 0.6 is 0 Å². The predicted octanol–water partition coefficient (Wildman–Crippen LogP) is 4.58. The van der Waals surface area contributed by atoms with Gasteiger partial charge in [0, 0.05) is 18.7 Å². The third-order valence-electron chi connectivity index (χ3n) is 6.30. The third-order valence-corrected chi connectivity index (χ3v) is 6.30. The molecule has 1 aromatic heterocycles. The van der Waals surface area contributed by atoms with Gasteiger partial charge in [0.25, 0.3) is 5.91 Å². The maximum absolute atomic E-state index is 13.6. The lowest BCUT2D eigenvalue weighted by Crippen LogP contribution is -2.41. The van der Waals surface area contributed by atoms with E-state index < -0.39 is 0 Å². The van der Waals surface area contributed by atoms with E-state index in [4.69, 9.17) is 14.6 Å². The molecule has 34 heavy (non-hydrogen) atoms. The first-order valence-electron chi connectivity index (χ1n) is 11.7. The molecule has 0 spiro atoms. The Morgan fingerprint density at radius 1 is 1.03 bits per heavy atom. The van der Waals surface area contributed by atoms with Crippen molar-refractivity contribution < 1.29 is 19.1 Å². The maximum Gasteiger partial charge on any atom is 0.309 e. The summed E-state index contributed by atoms with van der Waals surface area (Å²) in [6.07, 6.45) is 1.21. The van der Waals surface area contributed by atoms with Gasteiger partial charge >= 0.3 is 5.97 Å². The molecule has 7 heteroatoms. The molecule has 1 fully saturated rings. The van der Waals surface area contributed by atoms with Gasteiger partial charge in [-0.05, 0) is 75.6 Å². The van der Waals surface area contributed by atoms with Gasteiger partial charge in [0.05, 0.1) is 31.0 Å². The summed E-state index contributed by atoms with van der Waals surface area (Å²) in [5.74, 6) is 0.354. The topological polar surface area (TPSA) is 73.7 Å². The maximum atomic E-state index is 13.6. The van der Waals surface area contributed by atoms with Gasteiger partial charge in [0.1, 0.15) is 11.4 Å². The number of benzene rings is 2. The molecular formula is C27H31N3O4. The number of amides is 1. The van der Waals surface area contributed by atoms with E-state index in [0.717, 1.165) is 28.1 Å². The molecule has 0 bridgehead atoms. The first-order chi connectivity index (χ1) is 16.4. The highest BCUT2D eigenvalue weighted by Gasteiger charge is 2.30. The third kappa shape index (κ3) is 4.83. The van der Waals surface area contributed by atoms with E-state index in [0.29, 0.717) is 43.9 Å². The van der Waals surface area contributed by atoms with E-state index in [2.05, 4.69) is 6.07 Å². The summed E-state index contributed by atoms with van der Waals surface area (Å²) in [7, 11) is 1.63. The van der Waals surface area contributed by atoms with Crippen molar-refractivity contribution in [1.29, 1.82) is 0 Å². The molecule has 1 aliphatic heterocycles. The van der Waals surface area contributed by atoms with Gasteiger partial charge < -0.3 is 14.4 Å². The van der Waals surface area contributed by atoms with E-state index in [9.17, 15) is 9.59 Å². The molecule has 2 aromatic carbocycles. The summed E-state index contributed by atoms with van der Waals surface area (Å²) in [5, 5.41) is 4.83. The van der Waals surface area contributed by atoms with E-state index in [1.54, 1.807) is 11.8 Å². The van der Waals surface area contributed by atoms with Crippen LogP contribution in [0.15, 0.2) is 48.5 Å². The van der Waals surface area contributed by atoms with Crippen LogP contribution in [0.4, 0.5) is 0 Å². The highest BCUT2D eigenvalue weighted by molar-refractivity contribution is 5.94. The molecule has 0 radical (unpaired) electrons. The Kier molecular flexibility index (Phi) is 7.01. The summed E-state index contributed by atoms with van der Waals surface area (Å²) in [4.78, 5) is 27.6. The molecule has 178 valence electrons. The van der Waals surface area contributed by atoms with E-state index in [1.165, 1.54) is 0 Å². The SMILES string of the molecule is CCOC(=O)C1CCN(C(=O)c2cc(-c3ccc(OC)cc3)nn2-c2ccc(C)cc2C)CC1. The van der Waals surface area contributed by atoms with Crippen LogP contribution in [0, 0.1) is 19.8 Å². The summed E-state index contributed by atoms with van der Waals surface area (Å²) in [5.41, 5.74) is 5.19. The zero-order chi connectivity index (χ0) is 24.2. The zero-order valence-corrected chi connectivity index (χ0v) is 20.2. The fourth-order valence-electron chi connectivity index (χ4n) is 4.40. The van der Waals surface area contributed by atoms with Crippen molar-refractivity contribution in [2.45, 2.75) is 33.6 Å². The van der Waals surface area contributed by atoms with E-state index >= 15 is 0 Å². The number of hydrogen-bond donors (Lipinski definition) is 0. The number of methoxy groups -OCH3 is 1. The lowest BCUT2D eigenvalue weighted by Gasteiger charge is -2.31. The number of likely N-dealkylation sites (tertiary alicyclic amines) is 1. The van der Waals surface area contributed by atoms with Crippen LogP contribution < -0.4 is 4.74 Å². The number of ether oxygens (including phenoxy) is 2. The monoisotopic (exact) mass is 461 g/mol. The number of carbonyl (C=O) groups excluding carboxylic acids is 2. The Labute approximate surface area is 200 Å². The average Bonchev–Trinajstić information content (AvgIpc) is 3.29. The highest BCUT2D eigenvalue weighted by atomic mass is 16.5. The molecule has 0 N–H and O–H groups in total. The molecule has 7 nitrogen and oxygen atoms in total. The first-order valence-corrected chi connectivity index (χ1v) is 11.7. The number of rotatable bonds is 6. The molecule has 1 saturated heterocycles. The minimum atomic E-state index is -0.170. The highest BCUT2D eigenvalue weighted by Crippen LogP contribution is 2.27. The number of aryl methyl sites for hydroxylation is 2. The Hall–Kier alpha value is -3.61. The largest absolute Gasteiger partial charge is 0.497 e. The summed E-state index contributed by atoms with van der Waals surface area (Å²) in [6, 6.07) is 15.6. The number of carbonyl (C=O) groups is 2. The van der Waals surface area contributed by atoms with Gasteiger partial charge in [0.15, 0.2) is 0 Å². The molecule has 0 aliphatic carbocycles. The fraction of sp³-hybridized carbons (Fsp3) is 0.370. The second-order valence-electron chi connectivity index (χ2n) is 8.66. The first kappa shape index (κ1) is 23.5. The van der Waals surface area contributed by atoms with Gasteiger partial charge in [-0.1, -0.05) is 17.7 Å².